The first-order chi connectivity index (χ1) is 11.2. The van der Waals surface area contributed by atoms with Crippen LogP contribution in [0, 0.1) is 5.92 Å². The van der Waals surface area contributed by atoms with Crippen LogP contribution in [0.15, 0.2) is 42.5 Å². The summed E-state index contributed by atoms with van der Waals surface area (Å²) in [7, 11) is 0. The maximum atomic E-state index is 12.3. The smallest absolute Gasteiger partial charge is 0.229 e. The second kappa shape index (κ2) is 5.54. The highest BCUT2D eigenvalue weighted by molar-refractivity contribution is 5.94. The SMILES string of the molecule is O=C1CC[C@H](C(=O)Nc2ccc3c(c2)Cc2ccccc2-3)CN1. The molecule has 2 aromatic carbocycles. The van der Waals surface area contributed by atoms with Crippen LogP contribution in [0.4, 0.5) is 5.69 Å². The van der Waals surface area contributed by atoms with Crippen molar-refractivity contribution in [2.24, 2.45) is 5.92 Å². The van der Waals surface area contributed by atoms with Crippen molar-refractivity contribution < 1.29 is 9.59 Å². The van der Waals surface area contributed by atoms with Gasteiger partial charge in [-0.2, -0.15) is 0 Å². The normalized spacial score (nSPS) is 18.8. The maximum absolute atomic E-state index is 12.3. The van der Waals surface area contributed by atoms with E-state index < -0.39 is 0 Å². The molecule has 0 saturated carbocycles. The van der Waals surface area contributed by atoms with Crippen molar-refractivity contribution in [3.63, 3.8) is 0 Å². The highest BCUT2D eigenvalue weighted by Crippen LogP contribution is 2.37. The Morgan fingerprint density at radius 2 is 1.91 bits per heavy atom. The van der Waals surface area contributed by atoms with Crippen LogP contribution in [-0.2, 0) is 16.0 Å². The second-order valence-corrected chi connectivity index (χ2v) is 6.23. The molecule has 2 N–H and O–H groups in total. The van der Waals surface area contributed by atoms with E-state index in [1.54, 1.807) is 0 Å². The zero-order chi connectivity index (χ0) is 15.8. The average Bonchev–Trinajstić information content (AvgIpc) is 2.93. The van der Waals surface area contributed by atoms with Crippen LogP contribution in [0.5, 0.6) is 0 Å². The minimum atomic E-state index is -0.141. The Bertz CT molecular complexity index is 788. The Morgan fingerprint density at radius 1 is 1.09 bits per heavy atom. The first-order valence-corrected chi connectivity index (χ1v) is 7.99. The lowest BCUT2D eigenvalue weighted by atomic mass is 9.98. The number of carbonyl (C=O) groups is 2. The van der Waals surface area contributed by atoms with Crippen molar-refractivity contribution in [3.8, 4) is 11.1 Å². The van der Waals surface area contributed by atoms with Gasteiger partial charge in [0.05, 0.1) is 5.92 Å². The molecule has 0 radical (unpaired) electrons. The molecule has 4 heteroatoms. The highest BCUT2D eigenvalue weighted by Gasteiger charge is 2.25. The summed E-state index contributed by atoms with van der Waals surface area (Å²) < 4.78 is 0. The molecule has 1 heterocycles. The van der Waals surface area contributed by atoms with Crippen molar-refractivity contribution in [1.82, 2.24) is 5.32 Å². The largest absolute Gasteiger partial charge is 0.355 e. The van der Waals surface area contributed by atoms with Gasteiger partial charge in [-0.05, 0) is 47.2 Å². The Hall–Kier alpha value is -2.62. The molecule has 1 atom stereocenters. The highest BCUT2D eigenvalue weighted by atomic mass is 16.2. The molecule has 0 spiro atoms. The number of fused-ring (bicyclic) bond motifs is 3. The quantitative estimate of drug-likeness (QED) is 0.765. The summed E-state index contributed by atoms with van der Waals surface area (Å²) in [5.74, 6) is -0.122. The average molecular weight is 306 g/mol. The van der Waals surface area contributed by atoms with Gasteiger partial charge in [0.1, 0.15) is 0 Å². The molecule has 2 amide bonds. The standard InChI is InChI=1S/C19H18N2O2/c22-18-8-5-13(11-20-18)19(23)21-15-6-7-17-14(10-15)9-12-3-1-2-4-16(12)17/h1-4,6-7,10,13H,5,8-9,11H2,(H,20,22)(H,21,23)/t13-/m0/s1. The molecule has 1 saturated heterocycles. The van der Waals surface area contributed by atoms with Gasteiger partial charge in [0.2, 0.25) is 11.8 Å². The monoisotopic (exact) mass is 306 g/mol. The molecule has 2 aliphatic rings. The first kappa shape index (κ1) is 14.0. The maximum Gasteiger partial charge on any atom is 0.229 e. The minimum Gasteiger partial charge on any atom is -0.355 e. The number of piperidine rings is 1. The molecule has 0 aromatic heterocycles. The fourth-order valence-electron chi connectivity index (χ4n) is 3.42. The Morgan fingerprint density at radius 3 is 2.74 bits per heavy atom. The third kappa shape index (κ3) is 2.61. The van der Waals surface area contributed by atoms with Crippen molar-refractivity contribution in [1.29, 1.82) is 0 Å². The predicted molar refractivity (Wildman–Crippen MR) is 89.0 cm³/mol. The number of anilines is 1. The van der Waals surface area contributed by atoms with Crippen molar-refractivity contribution in [2.45, 2.75) is 19.3 Å². The summed E-state index contributed by atoms with van der Waals surface area (Å²) in [6.07, 6.45) is 1.96. The molecule has 1 aliphatic carbocycles. The Labute approximate surface area is 134 Å². The van der Waals surface area contributed by atoms with Crippen LogP contribution in [0.2, 0.25) is 0 Å². The van der Waals surface area contributed by atoms with E-state index in [2.05, 4.69) is 47.0 Å². The number of nitrogens with one attached hydrogen (secondary N) is 2. The van der Waals surface area contributed by atoms with Crippen LogP contribution in [0.25, 0.3) is 11.1 Å². The number of amides is 2. The summed E-state index contributed by atoms with van der Waals surface area (Å²) >= 11 is 0. The predicted octanol–water partition coefficient (Wildman–Crippen LogP) is 2.72. The van der Waals surface area contributed by atoms with Gasteiger partial charge >= 0.3 is 0 Å². The fourth-order valence-corrected chi connectivity index (χ4v) is 3.42. The summed E-state index contributed by atoms with van der Waals surface area (Å²) in [6.45, 7) is 0.432. The fraction of sp³-hybridized carbons (Fsp3) is 0.263. The summed E-state index contributed by atoms with van der Waals surface area (Å²) in [5, 5.41) is 5.75. The van der Waals surface area contributed by atoms with Crippen LogP contribution in [-0.4, -0.2) is 18.4 Å². The topological polar surface area (TPSA) is 58.2 Å². The number of carbonyl (C=O) groups excluding carboxylic acids is 2. The van der Waals surface area contributed by atoms with E-state index in [-0.39, 0.29) is 17.7 Å². The lowest BCUT2D eigenvalue weighted by molar-refractivity contribution is -0.126. The van der Waals surface area contributed by atoms with Gasteiger partial charge in [-0.25, -0.2) is 0 Å². The number of hydrogen-bond donors (Lipinski definition) is 2. The molecule has 4 rings (SSSR count). The lowest BCUT2D eigenvalue weighted by Crippen LogP contribution is -2.40. The van der Waals surface area contributed by atoms with E-state index in [9.17, 15) is 9.59 Å². The lowest BCUT2D eigenvalue weighted by Gasteiger charge is -2.21. The van der Waals surface area contributed by atoms with E-state index in [1.165, 1.54) is 22.3 Å². The molecule has 1 aliphatic heterocycles. The zero-order valence-electron chi connectivity index (χ0n) is 12.8. The molecular formula is C19H18N2O2. The van der Waals surface area contributed by atoms with Gasteiger partial charge in [-0.3, -0.25) is 9.59 Å². The first-order valence-electron chi connectivity index (χ1n) is 7.99. The summed E-state index contributed by atoms with van der Waals surface area (Å²) in [6, 6.07) is 14.5. The second-order valence-electron chi connectivity index (χ2n) is 6.23. The third-order valence-corrected chi connectivity index (χ3v) is 4.70. The third-order valence-electron chi connectivity index (χ3n) is 4.70. The summed E-state index contributed by atoms with van der Waals surface area (Å²) in [5.41, 5.74) is 5.96. The van der Waals surface area contributed by atoms with E-state index in [1.807, 2.05) is 6.07 Å². The van der Waals surface area contributed by atoms with Crippen LogP contribution < -0.4 is 10.6 Å². The molecule has 116 valence electrons. The van der Waals surface area contributed by atoms with E-state index >= 15 is 0 Å². The number of rotatable bonds is 2. The van der Waals surface area contributed by atoms with E-state index in [0.29, 0.717) is 19.4 Å². The number of benzene rings is 2. The molecule has 4 nitrogen and oxygen atoms in total. The minimum absolute atomic E-state index is 0.0135. The molecule has 1 fully saturated rings. The van der Waals surface area contributed by atoms with E-state index in [0.717, 1.165) is 12.1 Å². The van der Waals surface area contributed by atoms with Gasteiger partial charge in [0.25, 0.3) is 0 Å². The molecule has 2 aromatic rings. The number of hydrogen-bond acceptors (Lipinski definition) is 2. The molecule has 0 bridgehead atoms. The van der Waals surface area contributed by atoms with Crippen LogP contribution >= 0.6 is 0 Å². The van der Waals surface area contributed by atoms with Gasteiger partial charge in [0.15, 0.2) is 0 Å². The summed E-state index contributed by atoms with van der Waals surface area (Å²) in [4.78, 5) is 23.5. The molecule has 0 unspecified atom stereocenters. The van der Waals surface area contributed by atoms with Gasteiger partial charge in [-0.15, -0.1) is 0 Å². The van der Waals surface area contributed by atoms with E-state index in [4.69, 9.17) is 0 Å². The van der Waals surface area contributed by atoms with Crippen molar-refractivity contribution in [3.05, 3.63) is 53.6 Å². The Kier molecular flexibility index (Phi) is 3.37. The van der Waals surface area contributed by atoms with Gasteiger partial charge < -0.3 is 10.6 Å². The Balaban J connectivity index is 1.50. The molecule has 23 heavy (non-hydrogen) atoms. The van der Waals surface area contributed by atoms with Gasteiger partial charge in [-0.1, -0.05) is 30.3 Å². The van der Waals surface area contributed by atoms with Crippen molar-refractivity contribution in [2.75, 3.05) is 11.9 Å². The van der Waals surface area contributed by atoms with Gasteiger partial charge in [0, 0.05) is 18.7 Å². The zero-order valence-corrected chi connectivity index (χ0v) is 12.8. The van der Waals surface area contributed by atoms with Crippen LogP contribution in [0.1, 0.15) is 24.0 Å². The van der Waals surface area contributed by atoms with Crippen molar-refractivity contribution >= 4 is 17.5 Å². The molecular weight excluding hydrogens is 288 g/mol. The van der Waals surface area contributed by atoms with Crippen LogP contribution in [0.3, 0.4) is 0 Å².